The van der Waals surface area contributed by atoms with Crippen molar-refractivity contribution in [3.8, 4) is 11.5 Å². The highest BCUT2D eigenvalue weighted by Gasteiger charge is 2.45. The normalized spacial score (nSPS) is 19.6. The van der Waals surface area contributed by atoms with Crippen molar-refractivity contribution < 1.29 is 33.4 Å². The van der Waals surface area contributed by atoms with Crippen LogP contribution in [0, 0.1) is 5.92 Å². The van der Waals surface area contributed by atoms with Crippen molar-refractivity contribution in [2.24, 2.45) is 5.92 Å². The van der Waals surface area contributed by atoms with Crippen molar-refractivity contribution in [1.82, 2.24) is 35.0 Å². The van der Waals surface area contributed by atoms with Crippen LogP contribution in [0.2, 0.25) is 5.02 Å². The minimum absolute atomic E-state index is 0.0687. The van der Waals surface area contributed by atoms with E-state index in [1.165, 1.54) is 7.05 Å². The number of pyridine rings is 1. The molecule has 3 N–H and O–H groups in total. The van der Waals surface area contributed by atoms with Crippen LogP contribution in [0.3, 0.4) is 0 Å². The summed E-state index contributed by atoms with van der Waals surface area (Å²) in [7, 11) is 1.50. The number of nitrogens with zero attached hydrogens (tertiary/aromatic N) is 7. The van der Waals surface area contributed by atoms with Gasteiger partial charge in [0.15, 0.2) is 18.2 Å². The Labute approximate surface area is 348 Å². The third-order valence-corrected chi connectivity index (χ3v) is 12.2. The first-order chi connectivity index (χ1) is 29.0. The molecule has 1 atom stereocenters. The summed E-state index contributed by atoms with van der Waals surface area (Å²) < 4.78 is 13.1. The quantitative estimate of drug-likeness (QED) is 0.196. The number of aromatic nitrogens is 3. The van der Waals surface area contributed by atoms with Gasteiger partial charge in [-0.25, -0.2) is 4.98 Å². The number of imide groups is 2. The molecule has 0 bridgehead atoms. The monoisotopic (exact) mass is 838 g/mol. The van der Waals surface area contributed by atoms with E-state index in [2.05, 4.69) is 35.6 Å². The summed E-state index contributed by atoms with van der Waals surface area (Å²) in [4.78, 5) is 92.8. The Morgan fingerprint density at radius 3 is 2.48 bits per heavy atom. The van der Waals surface area contributed by atoms with Crippen LogP contribution in [0.1, 0.15) is 46.4 Å². The summed E-state index contributed by atoms with van der Waals surface area (Å²) in [5, 5.41) is 9.07. The van der Waals surface area contributed by atoms with Crippen molar-refractivity contribution in [3.05, 3.63) is 69.1 Å². The fourth-order valence-corrected chi connectivity index (χ4v) is 8.82. The van der Waals surface area contributed by atoms with Crippen molar-refractivity contribution >= 4 is 75.2 Å². The van der Waals surface area contributed by atoms with Crippen molar-refractivity contribution in [3.63, 3.8) is 0 Å². The number of carbonyl (C=O) groups excluding carboxylic acids is 5. The van der Waals surface area contributed by atoms with E-state index in [4.69, 9.17) is 26.1 Å². The van der Waals surface area contributed by atoms with E-state index in [0.717, 1.165) is 69.2 Å². The van der Waals surface area contributed by atoms with Gasteiger partial charge in [-0.3, -0.25) is 48.5 Å². The number of hydrogen-bond donors (Lipinski definition) is 3. The van der Waals surface area contributed by atoms with Crippen LogP contribution in [-0.4, -0.2) is 126 Å². The van der Waals surface area contributed by atoms with Crippen molar-refractivity contribution in [2.75, 3.05) is 81.2 Å². The SMILES string of the molecule is CNC(=O)COc1cc2cc(Nc3nc(N4CCN(CC5CCN(c6ccc7c(c6)C(=O)N(C6CCC(=O)NC6=O)C7=O)CC5)CC4)ncc3Cl)cc3c2n(c1=O)CCO3. The Bertz CT molecular complexity index is 2500. The second-order valence-electron chi connectivity index (χ2n) is 15.6. The van der Waals surface area contributed by atoms with Gasteiger partial charge in [-0.2, -0.15) is 4.98 Å². The molecule has 60 heavy (non-hydrogen) atoms. The maximum absolute atomic E-state index is 13.4. The van der Waals surface area contributed by atoms with Crippen LogP contribution in [0.4, 0.5) is 23.1 Å². The zero-order valence-electron chi connectivity index (χ0n) is 32.9. The van der Waals surface area contributed by atoms with Crippen molar-refractivity contribution in [2.45, 2.75) is 38.3 Å². The summed E-state index contributed by atoms with van der Waals surface area (Å²) in [6.45, 7) is 6.12. The van der Waals surface area contributed by atoms with Gasteiger partial charge >= 0.3 is 0 Å². The number of amides is 5. The summed E-state index contributed by atoms with van der Waals surface area (Å²) in [5.41, 5.74) is 2.39. The number of ether oxygens (including phenoxy) is 2. The predicted octanol–water partition coefficient (Wildman–Crippen LogP) is 2.15. The molecule has 18 nitrogen and oxygen atoms in total. The largest absolute Gasteiger partial charge is 0.489 e. The fourth-order valence-electron chi connectivity index (χ4n) is 8.69. The minimum atomic E-state index is -0.987. The second kappa shape index (κ2) is 16.1. The fraction of sp³-hybridized carbons (Fsp3) is 0.415. The lowest BCUT2D eigenvalue weighted by Gasteiger charge is -2.39. The molecule has 2 aromatic heterocycles. The molecule has 312 valence electrons. The zero-order valence-corrected chi connectivity index (χ0v) is 33.6. The van der Waals surface area contributed by atoms with Crippen LogP contribution < -0.4 is 40.8 Å². The number of nitrogens with one attached hydrogen (secondary N) is 3. The molecule has 7 heterocycles. The first-order valence-electron chi connectivity index (χ1n) is 20.1. The van der Waals surface area contributed by atoms with Gasteiger partial charge in [-0.05, 0) is 55.5 Å². The van der Waals surface area contributed by atoms with Gasteiger partial charge in [0.2, 0.25) is 17.8 Å². The van der Waals surface area contributed by atoms with Gasteiger partial charge in [0.1, 0.15) is 23.4 Å². The highest BCUT2D eigenvalue weighted by Crippen LogP contribution is 2.36. The number of fused-ring (bicyclic) bond motifs is 1. The Balaban J connectivity index is 0.797. The van der Waals surface area contributed by atoms with Crippen LogP contribution in [-0.2, 0) is 20.9 Å². The topological polar surface area (TPSA) is 201 Å². The van der Waals surface area contributed by atoms with E-state index in [1.54, 1.807) is 35.0 Å². The molecule has 0 radical (unpaired) electrons. The molecular formula is C41H43ClN10O8. The molecule has 5 amide bonds. The van der Waals surface area contributed by atoms with Gasteiger partial charge in [-0.15, -0.1) is 0 Å². The summed E-state index contributed by atoms with van der Waals surface area (Å²) in [5.74, 6) is -0.290. The Morgan fingerprint density at radius 1 is 0.933 bits per heavy atom. The third-order valence-electron chi connectivity index (χ3n) is 11.9. The van der Waals surface area contributed by atoms with E-state index in [0.29, 0.717) is 63.8 Å². The lowest BCUT2D eigenvalue weighted by molar-refractivity contribution is -0.136. The highest BCUT2D eigenvalue weighted by atomic mass is 35.5. The first kappa shape index (κ1) is 39.2. The van der Waals surface area contributed by atoms with Gasteiger partial charge < -0.3 is 29.9 Å². The molecule has 5 aliphatic rings. The number of halogens is 1. The summed E-state index contributed by atoms with van der Waals surface area (Å²) in [6, 6.07) is 9.58. The molecule has 0 saturated carbocycles. The van der Waals surface area contributed by atoms with E-state index in [-0.39, 0.29) is 42.2 Å². The predicted molar refractivity (Wildman–Crippen MR) is 220 cm³/mol. The minimum Gasteiger partial charge on any atom is -0.489 e. The van der Waals surface area contributed by atoms with Crippen molar-refractivity contribution in [1.29, 1.82) is 0 Å². The molecule has 3 fully saturated rings. The molecule has 0 spiro atoms. The van der Waals surface area contributed by atoms with Gasteiger partial charge in [0, 0.05) is 82.1 Å². The lowest BCUT2D eigenvalue weighted by atomic mass is 9.95. The van der Waals surface area contributed by atoms with Crippen LogP contribution in [0.5, 0.6) is 11.5 Å². The molecule has 2 aromatic carbocycles. The summed E-state index contributed by atoms with van der Waals surface area (Å²) in [6.07, 6.45) is 3.74. The smallest absolute Gasteiger partial charge is 0.293 e. The standard InChI is InChI=1S/C41H43ClN10O8/c1-43-34(54)22-60-32-17-24-16-25(18-31-35(24)51(40(32)58)14-15-59-31)45-36-29(42)20-44-41(47-36)50-12-10-48(11-13-50)21-23-6-8-49(9-7-23)26-2-3-27-28(19-26)39(57)52(38(27)56)30-4-5-33(53)46-37(30)55/h2-3,16-20,23,30H,4-15,21-22H2,1H3,(H,43,54)(H,44,45,47)(H,46,53,55). The number of piperidine rings is 2. The number of benzene rings is 2. The third kappa shape index (κ3) is 7.44. The molecular weight excluding hydrogens is 796 g/mol. The van der Waals surface area contributed by atoms with Gasteiger partial charge in [0.05, 0.1) is 29.4 Å². The maximum Gasteiger partial charge on any atom is 0.293 e. The Kier molecular flexibility index (Phi) is 10.5. The number of piperazine rings is 1. The molecule has 19 heteroatoms. The summed E-state index contributed by atoms with van der Waals surface area (Å²) >= 11 is 6.60. The molecule has 4 aromatic rings. The van der Waals surface area contributed by atoms with Crippen LogP contribution >= 0.6 is 11.6 Å². The lowest BCUT2D eigenvalue weighted by Crippen LogP contribution is -2.54. The van der Waals surface area contributed by atoms with Crippen LogP contribution in [0.15, 0.2) is 47.4 Å². The highest BCUT2D eigenvalue weighted by molar-refractivity contribution is 6.33. The van der Waals surface area contributed by atoms with E-state index < -0.39 is 29.7 Å². The Morgan fingerprint density at radius 2 is 1.72 bits per heavy atom. The number of anilines is 4. The van der Waals surface area contributed by atoms with E-state index in [9.17, 15) is 28.8 Å². The average Bonchev–Trinajstić information content (AvgIpc) is 3.50. The zero-order chi connectivity index (χ0) is 41.7. The number of likely N-dealkylation sites (N-methyl/N-ethyl adjacent to an activating group) is 1. The number of hydrogen-bond acceptors (Lipinski definition) is 14. The molecule has 1 unspecified atom stereocenters. The molecule has 0 aliphatic carbocycles. The molecule has 9 rings (SSSR count). The van der Waals surface area contributed by atoms with E-state index >= 15 is 0 Å². The molecule has 5 aliphatic heterocycles. The maximum atomic E-state index is 13.4. The second-order valence-corrected chi connectivity index (χ2v) is 16.0. The van der Waals surface area contributed by atoms with Crippen LogP contribution in [0.25, 0.3) is 10.9 Å². The molecule has 3 saturated heterocycles. The average molecular weight is 839 g/mol. The number of carbonyl (C=O) groups is 5. The number of rotatable bonds is 10. The Hall–Kier alpha value is -6.27. The van der Waals surface area contributed by atoms with Gasteiger partial charge in [0.25, 0.3) is 23.3 Å². The first-order valence-corrected chi connectivity index (χ1v) is 20.5. The van der Waals surface area contributed by atoms with Gasteiger partial charge in [-0.1, -0.05) is 11.6 Å². The van der Waals surface area contributed by atoms with E-state index in [1.807, 2.05) is 12.1 Å².